The average molecular weight is 423 g/mol. The largest absolute Gasteiger partial charge is 0.378 e. The number of tetrazole rings is 1. The van der Waals surface area contributed by atoms with Crippen LogP contribution in [0.15, 0.2) is 36.4 Å². The van der Waals surface area contributed by atoms with Crippen LogP contribution in [0, 0.1) is 5.82 Å². The predicted octanol–water partition coefficient (Wildman–Crippen LogP) is 3.56. The van der Waals surface area contributed by atoms with Gasteiger partial charge in [-0.2, -0.15) is 4.68 Å². The molecule has 0 atom stereocenters. The normalized spacial score (nSPS) is 14.3. The molecule has 1 saturated heterocycles. The van der Waals surface area contributed by atoms with Crippen LogP contribution in [0.1, 0.15) is 5.56 Å². The van der Waals surface area contributed by atoms with Crippen LogP contribution in [-0.4, -0.2) is 46.5 Å². The Hall–Kier alpha value is -2.42. The van der Waals surface area contributed by atoms with E-state index in [1.165, 1.54) is 16.8 Å². The second-order valence-corrected chi connectivity index (χ2v) is 7.00. The highest BCUT2D eigenvalue weighted by Gasteiger charge is 2.17. The number of hydrogen-bond donors (Lipinski definition) is 1. The number of anilines is 2. The number of hydrogen-bond acceptors (Lipinski definition) is 6. The summed E-state index contributed by atoms with van der Waals surface area (Å²) in [6, 6.07) is 9.97. The molecule has 0 bridgehead atoms. The number of ether oxygens (including phenoxy) is 1. The SMILES string of the molecule is Fc1ccc(N2CCOCC2)c(CNc2nnnn2-c2cccc(Cl)c2Cl)c1. The lowest BCUT2D eigenvalue weighted by atomic mass is 10.1. The van der Waals surface area contributed by atoms with Gasteiger partial charge in [0.1, 0.15) is 5.82 Å². The minimum absolute atomic E-state index is 0.300. The highest BCUT2D eigenvalue weighted by molar-refractivity contribution is 6.43. The van der Waals surface area contributed by atoms with Gasteiger partial charge in [-0.15, -0.1) is 0 Å². The third-order valence-corrected chi connectivity index (χ3v) is 5.27. The molecule has 0 aliphatic carbocycles. The summed E-state index contributed by atoms with van der Waals surface area (Å²) < 4.78 is 20.7. The van der Waals surface area contributed by atoms with E-state index in [4.69, 9.17) is 27.9 Å². The van der Waals surface area contributed by atoms with E-state index in [1.54, 1.807) is 24.3 Å². The zero-order valence-corrected chi connectivity index (χ0v) is 16.3. The highest BCUT2D eigenvalue weighted by Crippen LogP contribution is 2.29. The molecule has 0 spiro atoms. The van der Waals surface area contributed by atoms with Gasteiger partial charge < -0.3 is 15.0 Å². The number of nitrogens with zero attached hydrogens (tertiary/aromatic N) is 5. The molecule has 2 heterocycles. The van der Waals surface area contributed by atoms with E-state index in [0.29, 0.717) is 41.4 Å². The first-order valence-electron chi connectivity index (χ1n) is 8.71. The van der Waals surface area contributed by atoms with Crippen molar-refractivity contribution in [3.63, 3.8) is 0 Å². The molecule has 146 valence electrons. The van der Waals surface area contributed by atoms with Gasteiger partial charge in [0, 0.05) is 25.3 Å². The molecule has 1 fully saturated rings. The summed E-state index contributed by atoms with van der Waals surface area (Å²) in [4.78, 5) is 2.18. The van der Waals surface area contributed by atoms with Crippen molar-refractivity contribution in [2.45, 2.75) is 6.54 Å². The summed E-state index contributed by atoms with van der Waals surface area (Å²) >= 11 is 12.4. The molecule has 0 saturated carbocycles. The summed E-state index contributed by atoms with van der Waals surface area (Å²) in [6.45, 7) is 3.15. The molecule has 4 rings (SSSR count). The molecule has 0 amide bonds. The van der Waals surface area contributed by atoms with Crippen LogP contribution in [0.3, 0.4) is 0 Å². The number of rotatable bonds is 5. The Kier molecular flexibility index (Phi) is 5.61. The molecule has 28 heavy (non-hydrogen) atoms. The summed E-state index contributed by atoms with van der Waals surface area (Å²) in [5.74, 6) is 0.0765. The fourth-order valence-electron chi connectivity index (χ4n) is 3.10. The smallest absolute Gasteiger partial charge is 0.248 e. The molecular weight excluding hydrogens is 406 g/mol. The lowest BCUT2D eigenvalue weighted by Gasteiger charge is -2.30. The van der Waals surface area contributed by atoms with Crippen molar-refractivity contribution in [3.8, 4) is 5.69 Å². The summed E-state index contributed by atoms with van der Waals surface area (Å²) in [5, 5.41) is 15.6. The molecule has 7 nitrogen and oxygen atoms in total. The molecule has 3 aromatic rings. The Morgan fingerprint density at radius 2 is 1.93 bits per heavy atom. The van der Waals surface area contributed by atoms with E-state index < -0.39 is 0 Å². The Balaban J connectivity index is 1.59. The molecule has 0 unspecified atom stereocenters. The van der Waals surface area contributed by atoms with Gasteiger partial charge in [-0.3, -0.25) is 0 Å². The lowest BCUT2D eigenvalue weighted by Crippen LogP contribution is -2.37. The molecule has 1 aliphatic heterocycles. The summed E-state index contributed by atoms with van der Waals surface area (Å²) in [7, 11) is 0. The molecule has 1 aromatic heterocycles. The van der Waals surface area contributed by atoms with Gasteiger partial charge >= 0.3 is 0 Å². The maximum absolute atomic E-state index is 13.9. The number of nitrogens with one attached hydrogen (secondary N) is 1. The van der Waals surface area contributed by atoms with E-state index >= 15 is 0 Å². The Morgan fingerprint density at radius 1 is 1.11 bits per heavy atom. The minimum atomic E-state index is -0.300. The first-order valence-corrected chi connectivity index (χ1v) is 9.47. The van der Waals surface area contributed by atoms with Crippen LogP contribution in [0.25, 0.3) is 5.69 Å². The second kappa shape index (κ2) is 8.30. The fraction of sp³-hybridized carbons (Fsp3) is 0.278. The van der Waals surface area contributed by atoms with Crippen molar-refractivity contribution in [2.75, 3.05) is 36.5 Å². The van der Waals surface area contributed by atoms with Crippen LogP contribution >= 0.6 is 23.2 Å². The van der Waals surface area contributed by atoms with Crippen molar-refractivity contribution in [1.29, 1.82) is 0 Å². The van der Waals surface area contributed by atoms with E-state index in [1.807, 2.05) is 0 Å². The Labute approximate surface area is 171 Å². The van der Waals surface area contributed by atoms with Crippen molar-refractivity contribution >= 4 is 34.8 Å². The fourth-order valence-corrected chi connectivity index (χ4v) is 3.47. The number of benzene rings is 2. The molecule has 0 radical (unpaired) electrons. The van der Waals surface area contributed by atoms with Crippen LogP contribution in [0.5, 0.6) is 0 Å². The summed E-state index contributed by atoms with van der Waals surface area (Å²) in [6.07, 6.45) is 0. The third kappa shape index (κ3) is 3.89. The molecule has 2 aromatic carbocycles. The molecular formula is C18H17Cl2FN6O. The average Bonchev–Trinajstić information content (AvgIpc) is 3.17. The quantitative estimate of drug-likeness (QED) is 0.677. The topological polar surface area (TPSA) is 68.1 Å². The van der Waals surface area contributed by atoms with Crippen LogP contribution in [0.4, 0.5) is 16.0 Å². The second-order valence-electron chi connectivity index (χ2n) is 6.21. The Morgan fingerprint density at radius 3 is 2.75 bits per heavy atom. The van der Waals surface area contributed by atoms with Gasteiger partial charge in [-0.05, 0) is 46.3 Å². The molecule has 10 heteroatoms. The van der Waals surface area contributed by atoms with Gasteiger partial charge in [0.05, 0.1) is 28.9 Å². The monoisotopic (exact) mass is 422 g/mol. The van der Waals surface area contributed by atoms with Crippen molar-refractivity contribution in [1.82, 2.24) is 20.2 Å². The highest BCUT2D eigenvalue weighted by atomic mass is 35.5. The zero-order valence-electron chi connectivity index (χ0n) is 14.8. The maximum Gasteiger partial charge on any atom is 0.248 e. The van der Waals surface area contributed by atoms with Crippen LogP contribution < -0.4 is 10.2 Å². The molecule has 1 aliphatic rings. The standard InChI is InChI=1S/C18H17Cl2FN6O/c19-14-2-1-3-16(17(14)20)27-18(23-24-25-27)22-11-12-10-13(21)4-5-15(12)26-6-8-28-9-7-26/h1-5,10H,6-9,11H2,(H,22,23,25). The van der Waals surface area contributed by atoms with Crippen molar-refractivity contribution in [2.24, 2.45) is 0 Å². The first kappa shape index (κ1) is 18.9. The van der Waals surface area contributed by atoms with E-state index in [0.717, 1.165) is 24.3 Å². The predicted molar refractivity (Wildman–Crippen MR) is 106 cm³/mol. The zero-order chi connectivity index (χ0) is 19.5. The molecule has 1 N–H and O–H groups in total. The van der Waals surface area contributed by atoms with E-state index in [2.05, 4.69) is 25.7 Å². The van der Waals surface area contributed by atoms with Crippen LogP contribution in [0.2, 0.25) is 10.0 Å². The van der Waals surface area contributed by atoms with E-state index in [-0.39, 0.29) is 5.82 Å². The van der Waals surface area contributed by atoms with Gasteiger partial charge in [0.2, 0.25) is 5.95 Å². The van der Waals surface area contributed by atoms with Crippen LogP contribution in [-0.2, 0) is 11.3 Å². The first-order chi connectivity index (χ1) is 13.6. The number of morpholine rings is 1. The van der Waals surface area contributed by atoms with Gasteiger partial charge in [-0.25, -0.2) is 4.39 Å². The number of aromatic nitrogens is 4. The van der Waals surface area contributed by atoms with Gasteiger partial charge in [0.25, 0.3) is 0 Å². The van der Waals surface area contributed by atoms with Gasteiger partial charge in [0.15, 0.2) is 0 Å². The minimum Gasteiger partial charge on any atom is -0.378 e. The van der Waals surface area contributed by atoms with Crippen molar-refractivity contribution in [3.05, 3.63) is 57.8 Å². The summed E-state index contributed by atoms with van der Waals surface area (Å²) in [5.41, 5.74) is 2.31. The lowest BCUT2D eigenvalue weighted by molar-refractivity contribution is 0.122. The van der Waals surface area contributed by atoms with E-state index in [9.17, 15) is 4.39 Å². The number of halogens is 3. The van der Waals surface area contributed by atoms with Gasteiger partial charge in [-0.1, -0.05) is 34.4 Å². The third-order valence-electron chi connectivity index (χ3n) is 4.46. The maximum atomic E-state index is 13.9. The Bertz CT molecular complexity index is 976. The van der Waals surface area contributed by atoms with Crippen molar-refractivity contribution < 1.29 is 9.13 Å².